The molecule has 1 fully saturated rings. The van der Waals surface area contributed by atoms with Gasteiger partial charge in [-0.25, -0.2) is 4.98 Å². The minimum absolute atomic E-state index is 0.0165. The van der Waals surface area contributed by atoms with Crippen LogP contribution in [-0.4, -0.2) is 46.1 Å². The number of para-hydroxylation sites is 1. The van der Waals surface area contributed by atoms with Gasteiger partial charge in [0.05, 0.1) is 6.54 Å². The van der Waals surface area contributed by atoms with E-state index in [9.17, 15) is 4.79 Å². The third-order valence-electron chi connectivity index (χ3n) is 4.32. The number of carbonyl (C=O) groups is 1. The molecule has 1 aliphatic heterocycles. The molecule has 0 radical (unpaired) electrons. The number of aromatic nitrogens is 2. The summed E-state index contributed by atoms with van der Waals surface area (Å²) in [4.78, 5) is 23.1. The number of amides is 1. The van der Waals surface area contributed by atoms with E-state index in [1.807, 2.05) is 55.1 Å². The fourth-order valence-corrected chi connectivity index (χ4v) is 3.16. The maximum Gasteiger partial charge on any atom is 0.263 e. The molecule has 3 rings (SSSR count). The van der Waals surface area contributed by atoms with E-state index in [1.54, 1.807) is 6.92 Å². The lowest BCUT2D eigenvalue weighted by atomic mass is 10.1. The van der Waals surface area contributed by atoms with E-state index < -0.39 is 6.10 Å². The van der Waals surface area contributed by atoms with E-state index in [0.717, 1.165) is 25.1 Å². The predicted octanol–water partition coefficient (Wildman–Crippen LogP) is 2.93. The molecule has 26 heavy (non-hydrogen) atoms. The van der Waals surface area contributed by atoms with Crippen molar-refractivity contribution in [2.45, 2.75) is 45.8 Å². The van der Waals surface area contributed by atoms with Crippen LogP contribution in [0.1, 0.15) is 31.3 Å². The zero-order valence-corrected chi connectivity index (χ0v) is 15.5. The molecule has 6 nitrogen and oxygen atoms in total. The summed E-state index contributed by atoms with van der Waals surface area (Å²) < 4.78 is 11.8. The van der Waals surface area contributed by atoms with E-state index in [-0.39, 0.29) is 12.0 Å². The lowest BCUT2D eigenvalue weighted by Crippen LogP contribution is -2.48. The summed E-state index contributed by atoms with van der Waals surface area (Å²) in [7, 11) is 0. The molecule has 0 N–H and O–H groups in total. The number of ether oxygens (including phenoxy) is 2. The van der Waals surface area contributed by atoms with Gasteiger partial charge in [-0.1, -0.05) is 18.2 Å². The van der Waals surface area contributed by atoms with Gasteiger partial charge in [-0.15, -0.1) is 0 Å². The van der Waals surface area contributed by atoms with Crippen molar-refractivity contribution in [1.29, 1.82) is 0 Å². The quantitative estimate of drug-likeness (QED) is 0.825. The van der Waals surface area contributed by atoms with Crippen molar-refractivity contribution in [2.24, 2.45) is 0 Å². The summed E-state index contributed by atoms with van der Waals surface area (Å²) in [6.07, 6.45) is 1.21. The van der Waals surface area contributed by atoms with E-state index in [2.05, 4.69) is 9.97 Å². The fourth-order valence-electron chi connectivity index (χ4n) is 3.16. The molecular weight excluding hydrogens is 330 g/mol. The molecule has 0 spiro atoms. The van der Waals surface area contributed by atoms with Crippen LogP contribution in [0.2, 0.25) is 0 Å². The minimum Gasteiger partial charge on any atom is -0.481 e. The summed E-state index contributed by atoms with van der Waals surface area (Å²) in [5, 5.41) is 0. The van der Waals surface area contributed by atoms with Gasteiger partial charge in [0.15, 0.2) is 6.10 Å². The SMILES string of the molecule is Cc1cc(OC2CCCN(C(=O)C(C)Oc3ccccc3)C2)nc(C)n1. The molecule has 1 aliphatic rings. The minimum atomic E-state index is -0.528. The van der Waals surface area contributed by atoms with Gasteiger partial charge in [0.1, 0.15) is 17.7 Å². The van der Waals surface area contributed by atoms with Gasteiger partial charge in [0.2, 0.25) is 5.88 Å². The van der Waals surface area contributed by atoms with Gasteiger partial charge in [0.25, 0.3) is 5.91 Å². The van der Waals surface area contributed by atoms with Crippen molar-refractivity contribution in [3.63, 3.8) is 0 Å². The largest absolute Gasteiger partial charge is 0.481 e. The first-order chi connectivity index (χ1) is 12.5. The van der Waals surface area contributed by atoms with E-state index in [1.165, 1.54) is 0 Å². The molecule has 2 heterocycles. The average molecular weight is 355 g/mol. The normalized spacial score (nSPS) is 18.3. The van der Waals surface area contributed by atoms with Crippen LogP contribution < -0.4 is 9.47 Å². The third-order valence-corrected chi connectivity index (χ3v) is 4.32. The Morgan fingerprint density at radius 1 is 1.23 bits per heavy atom. The maximum atomic E-state index is 12.7. The number of aryl methyl sites for hydroxylation is 2. The zero-order valence-electron chi connectivity index (χ0n) is 15.5. The Kier molecular flexibility index (Phi) is 5.71. The Hall–Kier alpha value is -2.63. The average Bonchev–Trinajstić information content (AvgIpc) is 2.61. The van der Waals surface area contributed by atoms with Crippen LogP contribution in [0.25, 0.3) is 0 Å². The summed E-state index contributed by atoms with van der Waals surface area (Å²) in [6, 6.07) is 11.2. The smallest absolute Gasteiger partial charge is 0.263 e. The van der Waals surface area contributed by atoms with Gasteiger partial charge < -0.3 is 14.4 Å². The molecular formula is C20H25N3O3. The molecule has 0 saturated carbocycles. The van der Waals surface area contributed by atoms with Gasteiger partial charge in [-0.05, 0) is 45.7 Å². The molecule has 2 aromatic rings. The summed E-state index contributed by atoms with van der Waals surface area (Å²) in [5.41, 5.74) is 0.876. The highest BCUT2D eigenvalue weighted by Crippen LogP contribution is 2.19. The highest BCUT2D eigenvalue weighted by molar-refractivity contribution is 5.81. The van der Waals surface area contributed by atoms with Crippen LogP contribution in [-0.2, 0) is 4.79 Å². The molecule has 1 amide bonds. The van der Waals surface area contributed by atoms with Gasteiger partial charge in [-0.2, -0.15) is 4.98 Å². The van der Waals surface area contributed by atoms with Crippen molar-refractivity contribution in [1.82, 2.24) is 14.9 Å². The van der Waals surface area contributed by atoms with Crippen molar-refractivity contribution < 1.29 is 14.3 Å². The first kappa shape index (κ1) is 18.2. The van der Waals surface area contributed by atoms with Crippen LogP contribution in [0.5, 0.6) is 11.6 Å². The maximum absolute atomic E-state index is 12.7. The van der Waals surface area contributed by atoms with E-state index >= 15 is 0 Å². The Morgan fingerprint density at radius 2 is 2.00 bits per heavy atom. The summed E-state index contributed by atoms with van der Waals surface area (Å²) >= 11 is 0. The number of benzene rings is 1. The first-order valence-corrected chi connectivity index (χ1v) is 9.00. The van der Waals surface area contributed by atoms with Crippen LogP contribution in [0, 0.1) is 13.8 Å². The van der Waals surface area contributed by atoms with Crippen molar-refractivity contribution >= 4 is 5.91 Å². The fraction of sp³-hybridized carbons (Fsp3) is 0.450. The van der Waals surface area contributed by atoms with Gasteiger partial charge in [0, 0.05) is 18.3 Å². The number of hydrogen-bond acceptors (Lipinski definition) is 5. The molecule has 1 aromatic carbocycles. The second-order valence-electron chi connectivity index (χ2n) is 6.63. The Bertz CT molecular complexity index is 731. The highest BCUT2D eigenvalue weighted by Gasteiger charge is 2.29. The molecule has 0 bridgehead atoms. The molecule has 1 aromatic heterocycles. The Labute approximate surface area is 154 Å². The number of carbonyl (C=O) groups excluding carboxylic acids is 1. The number of nitrogens with zero attached hydrogens (tertiary/aromatic N) is 3. The molecule has 0 aliphatic carbocycles. The summed E-state index contributed by atoms with van der Waals surface area (Å²) in [6.45, 7) is 6.82. The van der Waals surface area contributed by atoms with Crippen molar-refractivity contribution in [3.8, 4) is 11.6 Å². The number of likely N-dealkylation sites (tertiary alicyclic amines) is 1. The number of rotatable bonds is 5. The van der Waals surface area contributed by atoms with Gasteiger partial charge in [-0.3, -0.25) is 4.79 Å². The van der Waals surface area contributed by atoms with Crippen LogP contribution in [0.4, 0.5) is 0 Å². The lowest BCUT2D eigenvalue weighted by Gasteiger charge is -2.34. The number of piperidine rings is 1. The standard InChI is InChI=1S/C20H25N3O3/c1-14-12-19(22-16(3)21-14)26-18-10-7-11-23(13-18)20(24)15(2)25-17-8-5-4-6-9-17/h4-6,8-9,12,15,18H,7,10-11,13H2,1-3H3. The molecule has 138 valence electrons. The Balaban J connectivity index is 1.59. The number of hydrogen-bond donors (Lipinski definition) is 0. The molecule has 2 unspecified atom stereocenters. The molecule has 2 atom stereocenters. The van der Waals surface area contributed by atoms with Crippen LogP contribution in [0.15, 0.2) is 36.4 Å². The first-order valence-electron chi connectivity index (χ1n) is 9.00. The second-order valence-corrected chi connectivity index (χ2v) is 6.63. The monoisotopic (exact) mass is 355 g/mol. The van der Waals surface area contributed by atoms with Crippen LogP contribution >= 0.6 is 0 Å². The Morgan fingerprint density at radius 3 is 2.73 bits per heavy atom. The van der Waals surface area contributed by atoms with Gasteiger partial charge >= 0.3 is 0 Å². The van der Waals surface area contributed by atoms with Crippen molar-refractivity contribution in [2.75, 3.05) is 13.1 Å². The van der Waals surface area contributed by atoms with Crippen LogP contribution in [0.3, 0.4) is 0 Å². The zero-order chi connectivity index (χ0) is 18.5. The van der Waals surface area contributed by atoms with E-state index in [4.69, 9.17) is 9.47 Å². The lowest BCUT2D eigenvalue weighted by molar-refractivity contribution is -0.140. The predicted molar refractivity (Wildman–Crippen MR) is 98.3 cm³/mol. The highest BCUT2D eigenvalue weighted by atomic mass is 16.5. The topological polar surface area (TPSA) is 64.5 Å². The molecule has 6 heteroatoms. The second kappa shape index (κ2) is 8.17. The molecule has 1 saturated heterocycles. The van der Waals surface area contributed by atoms with E-state index in [0.29, 0.717) is 24.0 Å². The third kappa shape index (κ3) is 4.71. The van der Waals surface area contributed by atoms with Crippen molar-refractivity contribution in [3.05, 3.63) is 47.9 Å². The summed E-state index contributed by atoms with van der Waals surface area (Å²) in [5.74, 6) is 1.94.